The fourth-order valence-electron chi connectivity index (χ4n) is 2.41. The lowest BCUT2D eigenvalue weighted by Crippen LogP contribution is -2.17. The molecule has 0 saturated heterocycles. The Hall–Kier alpha value is -2.91. The molecule has 0 saturated carbocycles. The molecular formula is C18H14ClNO5. The summed E-state index contributed by atoms with van der Waals surface area (Å²) in [5, 5.41) is 9.29. The third-order valence-corrected chi connectivity index (χ3v) is 3.80. The van der Waals surface area contributed by atoms with E-state index in [0.717, 1.165) is 0 Å². The van der Waals surface area contributed by atoms with E-state index >= 15 is 0 Å². The lowest BCUT2D eigenvalue weighted by Gasteiger charge is -2.20. The van der Waals surface area contributed by atoms with Gasteiger partial charge in [0.1, 0.15) is 13.2 Å². The molecule has 1 aliphatic rings. The molecule has 25 heavy (non-hydrogen) atoms. The van der Waals surface area contributed by atoms with E-state index in [1.54, 1.807) is 18.2 Å². The number of hydrogen-bond donors (Lipinski definition) is 0. The van der Waals surface area contributed by atoms with Gasteiger partial charge in [-0.25, -0.2) is 0 Å². The summed E-state index contributed by atoms with van der Waals surface area (Å²) in [6.45, 7) is 0.867. The Labute approximate surface area is 149 Å². The van der Waals surface area contributed by atoms with E-state index < -0.39 is 5.97 Å². The number of esters is 1. The molecule has 3 rings (SSSR count). The highest BCUT2D eigenvalue weighted by atomic mass is 35.5. The molecule has 2 aromatic rings. The molecule has 2 aromatic carbocycles. The van der Waals surface area contributed by atoms with Crippen molar-refractivity contribution in [1.82, 2.24) is 0 Å². The van der Waals surface area contributed by atoms with Gasteiger partial charge in [-0.3, -0.25) is 4.79 Å². The molecule has 0 fully saturated rings. The van der Waals surface area contributed by atoms with Crippen molar-refractivity contribution in [2.24, 2.45) is 0 Å². The zero-order valence-corrected chi connectivity index (χ0v) is 14.1. The summed E-state index contributed by atoms with van der Waals surface area (Å²) >= 11 is 6.16. The molecule has 0 spiro atoms. The molecule has 0 aliphatic carbocycles. The third kappa shape index (κ3) is 3.78. The van der Waals surface area contributed by atoms with E-state index in [-0.39, 0.29) is 12.2 Å². The molecular weight excluding hydrogens is 346 g/mol. The Balaban J connectivity index is 1.75. The van der Waals surface area contributed by atoms with E-state index in [2.05, 4.69) is 0 Å². The standard InChI is InChI=1S/C18H14ClNO5/c1-22-15-7-11(10-20)2-3-14(15)25-17(21)9-12-6-13(19)18-16(8-12)23-4-5-24-18/h2-3,6-8H,4-5,9H2,1H3. The number of carbonyl (C=O) groups is 1. The zero-order chi connectivity index (χ0) is 17.8. The molecule has 1 heterocycles. The highest BCUT2D eigenvalue weighted by Gasteiger charge is 2.19. The van der Waals surface area contributed by atoms with Crippen molar-refractivity contribution in [1.29, 1.82) is 5.26 Å². The van der Waals surface area contributed by atoms with Gasteiger partial charge in [0.25, 0.3) is 0 Å². The number of nitrogens with zero attached hydrogens (tertiary/aromatic N) is 1. The normalized spacial score (nSPS) is 12.2. The number of rotatable bonds is 4. The van der Waals surface area contributed by atoms with Crippen molar-refractivity contribution in [3.63, 3.8) is 0 Å². The summed E-state index contributed by atoms with van der Waals surface area (Å²) in [6, 6.07) is 9.92. The second-order valence-electron chi connectivity index (χ2n) is 5.23. The SMILES string of the molecule is COc1cc(C#N)ccc1OC(=O)Cc1cc(Cl)c2c(c1)OCCO2. The first kappa shape index (κ1) is 16.9. The van der Waals surface area contributed by atoms with Gasteiger partial charge in [0.15, 0.2) is 23.0 Å². The van der Waals surface area contributed by atoms with Gasteiger partial charge in [0.2, 0.25) is 0 Å². The van der Waals surface area contributed by atoms with Crippen LogP contribution in [0.5, 0.6) is 23.0 Å². The van der Waals surface area contributed by atoms with E-state index in [1.165, 1.54) is 19.2 Å². The Morgan fingerprint density at radius 1 is 1.24 bits per heavy atom. The topological polar surface area (TPSA) is 77.8 Å². The average Bonchev–Trinajstić information content (AvgIpc) is 2.62. The maximum Gasteiger partial charge on any atom is 0.315 e. The van der Waals surface area contributed by atoms with Crippen molar-refractivity contribution < 1.29 is 23.7 Å². The second kappa shape index (κ2) is 7.32. The number of hydrogen-bond acceptors (Lipinski definition) is 6. The number of carbonyl (C=O) groups excluding carboxylic acids is 1. The predicted molar refractivity (Wildman–Crippen MR) is 89.5 cm³/mol. The predicted octanol–water partition coefficient (Wildman–Crippen LogP) is 3.14. The minimum Gasteiger partial charge on any atom is -0.493 e. The van der Waals surface area contributed by atoms with Crippen LogP contribution in [0.2, 0.25) is 5.02 Å². The van der Waals surface area contributed by atoms with Crippen LogP contribution in [0.25, 0.3) is 0 Å². The second-order valence-corrected chi connectivity index (χ2v) is 5.64. The van der Waals surface area contributed by atoms with Crippen LogP contribution in [0.1, 0.15) is 11.1 Å². The number of benzene rings is 2. The third-order valence-electron chi connectivity index (χ3n) is 3.52. The number of nitriles is 1. The van der Waals surface area contributed by atoms with Crippen molar-refractivity contribution in [2.75, 3.05) is 20.3 Å². The molecule has 0 bridgehead atoms. The van der Waals surface area contributed by atoms with Gasteiger partial charge in [0, 0.05) is 6.07 Å². The van der Waals surface area contributed by atoms with Crippen LogP contribution in [0.15, 0.2) is 30.3 Å². The van der Waals surface area contributed by atoms with E-state index in [0.29, 0.717) is 46.6 Å². The minimum atomic E-state index is -0.490. The lowest BCUT2D eigenvalue weighted by atomic mass is 10.1. The molecule has 7 heteroatoms. The van der Waals surface area contributed by atoms with Crippen LogP contribution < -0.4 is 18.9 Å². The van der Waals surface area contributed by atoms with Crippen molar-refractivity contribution in [3.05, 3.63) is 46.5 Å². The lowest BCUT2D eigenvalue weighted by molar-refractivity contribution is -0.133. The fraction of sp³-hybridized carbons (Fsp3) is 0.222. The Morgan fingerprint density at radius 2 is 2.04 bits per heavy atom. The van der Waals surface area contributed by atoms with Crippen molar-refractivity contribution >= 4 is 17.6 Å². The van der Waals surface area contributed by atoms with Crippen molar-refractivity contribution in [2.45, 2.75) is 6.42 Å². The smallest absolute Gasteiger partial charge is 0.315 e. The summed E-state index contributed by atoms with van der Waals surface area (Å²) in [4.78, 5) is 12.2. The van der Waals surface area contributed by atoms with Gasteiger partial charge in [-0.05, 0) is 29.8 Å². The van der Waals surface area contributed by atoms with E-state index in [9.17, 15) is 4.79 Å². The first-order valence-corrected chi connectivity index (χ1v) is 7.85. The number of fused-ring (bicyclic) bond motifs is 1. The van der Waals surface area contributed by atoms with Gasteiger partial charge >= 0.3 is 5.97 Å². The molecule has 6 nitrogen and oxygen atoms in total. The first-order valence-electron chi connectivity index (χ1n) is 7.47. The van der Waals surface area contributed by atoms with Crippen LogP contribution in [0.3, 0.4) is 0 Å². The monoisotopic (exact) mass is 359 g/mol. The van der Waals surface area contributed by atoms with Crippen LogP contribution in [0.4, 0.5) is 0 Å². The number of ether oxygens (including phenoxy) is 4. The number of methoxy groups -OCH3 is 1. The number of halogens is 1. The Bertz CT molecular complexity index is 859. The van der Waals surface area contributed by atoms with Gasteiger partial charge in [-0.2, -0.15) is 5.26 Å². The van der Waals surface area contributed by atoms with Gasteiger partial charge in [-0.15, -0.1) is 0 Å². The van der Waals surface area contributed by atoms with Crippen LogP contribution in [0, 0.1) is 11.3 Å². The maximum atomic E-state index is 12.2. The largest absolute Gasteiger partial charge is 0.493 e. The molecule has 0 atom stereocenters. The first-order chi connectivity index (χ1) is 12.1. The molecule has 0 amide bonds. The summed E-state index contributed by atoms with van der Waals surface area (Å²) in [6.07, 6.45) is -0.000480. The van der Waals surface area contributed by atoms with Crippen LogP contribution in [-0.2, 0) is 11.2 Å². The van der Waals surface area contributed by atoms with E-state index in [4.69, 9.17) is 35.8 Å². The molecule has 0 radical (unpaired) electrons. The highest BCUT2D eigenvalue weighted by Crippen LogP contribution is 2.38. The molecule has 128 valence electrons. The molecule has 1 aliphatic heterocycles. The average molecular weight is 360 g/mol. The fourth-order valence-corrected chi connectivity index (χ4v) is 2.70. The van der Waals surface area contributed by atoms with Gasteiger partial charge < -0.3 is 18.9 Å². The minimum absolute atomic E-state index is 0.000480. The van der Waals surface area contributed by atoms with Gasteiger partial charge in [0.05, 0.1) is 30.2 Å². The summed E-state index contributed by atoms with van der Waals surface area (Å²) in [5.74, 6) is 1.06. The molecule has 0 unspecified atom stereocenters. The summed E-state index contributed by atoms with van der Waals surface area (Å²) < 4.78 is 21.4. The molecule has 0 N–H and O–H groups in total. The quantitative estimate of drug-likeness (QED) is 0.616. The van der Waals surface area contributed by atoms with E-state index in [1.807, 2.05) is 6.07 Å². The van der Waals surface area contributed by atoms with Crippen LogP contribution >= 0.6 is 11.6 Å². The Kier molecular flexibility index (Phi) is 4.96. The maximum absolute atomic E-state index is 12.2. The highest BCUT2D eigenvalue weighted by molar-refractivity contribution is 6.32. The Morgan fingerprint density at radius 3 is 2.80 bits per heavy atom. The van der Waals surface area contributed by atoms with Crippen molar-refractivity contribution in [3.8, 4) is 29.1 Å². The van der Waals surface area contributed by atoms with Crippen LogP contribution in [-0.4, -0.2) is 26.3 Å². The summed E-state index contributed by atoms with van der Waals surface area (Å²) in [7, 11) is 1.44. The van der Waals surface area contributed by atoms with Gasteiger partial charge in [-0.1, -0.05) is 11.6 Å². The zero-order valence-electron chi connectivity index (χ0n) is 13.4. The summed E-state index contributed by atoms with van der Waals surface area (Å²) in [5.41, 5.74) is 1.06. The molecule has 0 aromatic heterocycles.